The van der Waals surface area contributed by atoms with Crippen molar-refractivity contribution in [3.05, 3.63) is 36.0 Å². The van der Waals surface area contributed by atoms with Gasteiger partial charge in [0, 0.05) is 12.6 Å². The molecule has 0 spiro atoms. The highest BCUT2D eigenvalue weighted by molar-refractivity contribution is 5.92. The Morgan fingerprint density at radius 3 is 2.96 bits per heavy atom. The van der Waals surface area contributed by atoms with Crippen LogP contribution in [0.1, 0.15) is 17.4 Å². The van der Waals surface area contributed by atoms with E-state index in [1.165, 1.54) is 0 Å². The zero-order valence-corrected chi connectivity index (χ0v) is 13.5. The molecule has 0 N–H and O–H groups in total. The predicted molar refractivity (Wildman–Crippen MR) is 85.7 cm³/mol. The Morgan fingerprint density at radius 2 is 2.17 bits per heavy atom. The van der Waals surface area contributed by atoms with E-state index in [0.29, 0.717) is 50.2 Å². The van der Waals surface area contributed by atoms with Crippen LogP contribution in [0, 0.1) is 0 Å². The topological polar surface area (TPSA) is 65.8 Å². The summed E-state index contributed by atoms with van der Waals surface area (Å²) in [5.74, 6) is 1.99. The molecule has 0 aliphatic carbocycles. The molecule has 1 atom stereocenters. The van der Waals surface area contributed by atoms with E-state index < -0.39 is 0 Å². The van der Waals surface area contributed by atoms with Gasteiger partial charge in [0.1, 0.15) is 13.2 Å². The predicted octanol–water partition coefficient (Wildman–Crippen LogP) is 1.58. The van der Waals surface area contributed by atoms with Crippen LogP contribution in [0.15, 0.2) is 30.3 Å². The van der Waals surface area contributed by atoms with Gasteiger partial charge in [-0.25, -0.2) is 4.68 Å². The molecule has 0 bridgehead atoms. The highest BCUT2D eigenvalue weighted by Crippen LogP contribution is 2.31. The van der Waals surface area contributed by atoms with Crippen molar-refractivity contribution >= 4 is 5.91 Å². The van der Waals surface area contributed by atoms with E-state index in [9.17, 15) is 4.79 Å². The first-order valence-corrected chi connectivity index (χ1v) is 8.13. The van der Waals surface area contributed by atoms with Crippen molar-refractivity contribution in [2.75, 3.05) is 26.3 Å². The van der Waals surface area contributed by atoms with Crippen LogP contribution >= 0.6 is 0 Å². The highest BCUT2D eigenvalue weighted by atomic mass is 16.6. The summed E-state index contributed by atoms with van der Waals surface area (Å²) in [6.07, 6.45) is -0.200. The lowest BCUT2D eigenvalue weighted by Gasteiger charge is -2.30. The van der Waals surface area contributed by atoms with Crippen molar-refractivity contribution in [3.8, 4) is 17.4 Å². The average Bonchev–Trinajstić information content (AvgIpc) is 3.21. The van der Waals surface area contributed by atoms with Crippen LogP contribution in [0.2, 0.25) is 0 Å². The van der Waals surface area contributed by atoms with Crippen molar-refractivity contribution in [1.29, 1.82) is 0 Å². The third-order valence-electron chi connectivity index (χ3n) is 4.18. The zero-order chi connectivity index (χ0) is 16.5. The summed E-state index contributed by atoms with van der Waals surface area (Å²) in [7, 11) is 0. The van der Waals surface area contributed by atoms with Gasteiger partial charge in [0.2, 0.25) is 5.88 Å². The number of para-hydroxylation sites is 2. The minimum absolute atomic E-state index is 0.120. The number of fused-ring (bicyclic) bond motifs is 2. The minimum atomic E-state index is -0.200. The van der Waals surface area contributed by atoms with Gasteiger partial charge in [-0.2, -0.15) is 5.10 Å². The van der Waals surface area contributed by atoms with E-state index in [4.69, 9.17) is 14.2 Å². The molecule has 4 rings (SSSR count). The lowest BCUT2D eigenvalue weighted by molar-refractivity contribution is 0.0470. The lowest BCUT2D eigenvalue weighted by Crippen LogP contribution is -2.43. The van der Waals surface area contributed by atoms with Crippen LogP contribution in [0.5, 0.6) is 17.4 Å². The fourth-order valence-electron chi connectivity index (χ4n) is 2.93. The third kappa shape index (κ3) is 2.66. The second-order valence-electron chi connectivity index (χ2n) is 5.78. The molecule has 1 aromatic carbocycles. The maximum Gasteiger partial charge on any atom is 0.274 e. The Balaban J connectivity index is 1.45. The van der Waals surface area contributed by atoms with E-state index in [0.717, 1.165) is 5.75 Å². The van der Waals surface area contributed by atoms with E-state index in [-0.39, 0.29) is 12.0 Å². The smallest absolute Gasteiger partial charge is 0.274 e. The quantitative estimate of drug-likeness (QED) is 0.852. The fraction of sp³-hybridized carbons (Fsp3) is 0.412. The molecule has 3 heterocycles. The number of likely N-dealkylation sites (N-methyl/N-ethyl adjacent to an activating group) is 1. The first kappa shape index (κ1) is 14.9. The number of benzene rings is 1. The van der Waals surface area contributed by atoms with Gasteiger partial charge < -0.3 is 19.1 Å². The third-order valence-corrected chi connectivity index (χ3v) is 4.18. The molecule has 7 heteroatoms. The number of hydrogen-bond donors (Lipinski definition) is 0. The van der Waals surface area contributed by atoms with Crippen LogP contribution in [-0.2, 0) is 6.54 Å². The summed E-state index contributed by atoms with van der Waals surface area (Å²) < 4.78 is 18.8. The molecule has 2 aromatic rings. The largest absolute Gasteiger partial charge is 0.486 e. The van der Waals surface area contributed by atoms with Gasteiger partial charge in [0.15, 0.2) is 23.3 Å². The van der Waals surface area contributed by atoms with E-state index in [1.807, 2.05) is 31.2 Å². The summed E-state index contributed by atoms with van der Waals surface area (Å²) >= 11 is 0. The molecule has 0 saturated heterocycles. The molecular weight excluding hydrogens is 310 g/mol. The molecule has 2 aliphatic heterocycles. The molecule has 0 saturated carbocycles. The monoisotopic (exact) mass is 329 g/mol. The zero-order valence-electron chi connectivity index (χ0n) is 13.5. The van der Waals surface area contributed by atoms with Gasteiger partial charge in [-0.1, -0.05) is 12.1 Å². The van der Waals surface area contributed by atoms with Gasteiger partial charge in [0.25, 0.3) is 5.91 Å². The van der Waals surface area contributed by atoms with Crippen LogP contribution in [0.3, 0.4) is 0 Å². The minimum Gasteiger partial charge on any atom is -0.486 e. The van der Waals surface area contributed by atoms with Crippen molar-refractivity contribution in [2.24, 2.45) is 0 Å². The summed E-state index contributed by atoms with van der Waals surface area (Å²) in [5, 5.41) is 4.32. The molecule has 0 unspecified atom stereocenters. The Kier molecular flexibility index (Phi) is 3.76. The van der Waals surface area contributed by atoms with E-state index in [2.05, 4.69) is 5.10 Å². The number of amides is 1. The molecule has 24 heavy (non-hydrogen) atoms. The normalized spacial score (nSPS) is 18.0. The first-order valence-electron chi connectivity index (χ1n) is 8.13. The van der Waals surface area contributed by atoms with Crippen LogP contribution in [-0.4, -0.2) is 53.0 Å². The Bertz CT molecular complexity index is 737. The molecular formula is C17H19N3O4. The number of nitrogens with zero attached hydrogens (tertiary/aromatic N) is 3. The van der Waals surface area contributed by atoms with Crippen molar-refractivity contribution in [1.82, 2.24) is 14.7 Å². The summed E-state index contributed by atoms with van der Waals surface area (Å²) in [4.78, 5) is 14.4. The highest BCUT2D eigenvalue weighted by Gasteiger charge is 2.27. The fourth-order valence-corrected chi connectivity index (χ4v) is 2.93. The molecule has 7 nitrogen and oxygen atoms in total. The lowest BCUT2D eigenvalue weighted by atomic mass is 10.2. The second-order valence-corrected chi connectivity index (χ2v) is 5.78. The molecule has 0 fully saturated rings. The number of carbonyl (C=O) groups excluding carboxylic acids is 1. The number of ether oxygens (including phenoxy) is 3. The van der Waals surface area contributed by atoms with E-state index >= 15 is 0 Å². The SMILES string of the molecule is CCN(C[C@H]1COc2ccccc2O1)C(=O)c1cc2n(n1)CCO2. The van der Waals surface area contributed by atoms with Crippen molar-refractivity contribution in [2.45, 2.75) is 19.6 Å². The van der Waals surface area contributed by atoms with Crippen molar-refractivity contribution < 1.29 is 19.0 Å². The van der Waals surface area contributed by atoms with Gasteiger partial charge in [-0.05, 0) is 19.1 Å². The summed E-state index contributed by atoms with van der Waals surface area (Å²) in [6, 6.07) is 9.26. The molecule has 1 aromatic heterocycles. The number of carbonyl (C=O) groups is 1. The second kappa shape index (κ2) is 6.07. The standard InChI is InChI=1S/C17H19N3O4/c1-2-19(17(21)13-9-16-20(18-13)7-8-22-16)10-12-11-23-14-5-3-4-6-15(14)24-12/h3-6,9,12H,2,7-8,10-11H2,1H3/t12-/m0/s1. The Hall–Kier alpha value is -2.70. The van der Waals surface area contributed by atoms with Crippen molar-refractivity contribution in [3.63, 3.8) is 0 Å². The van der Waals surface area contributed by atoms with E-state index in [1.54, 1.807) is 15.6 Å². The number of aromatic nitrogens is 2. The van der Waals surface area contributed by atoms with Crippen LogP contribution in [0.4, 0.5) is 0 Å². The molecule has 126 valence electrons. The van der Waals surface area contributed by atoms with Crippen LogP contribution < -0.4 is 14.2 Å². The summed E-state index contributed by atoms with van der Waals surface area (Å²) in [5.41, 5.74) is 0.406. The Morgan fingerprint density at radius 1 is 1.33 bits per heavy atom. The van der Waals surface area contributed by atoms with Crippen LogP contribution in [0.25, 0.3) is 0 Å². The molecule has 2 aliphatic rings. The molecule has 0 radical (unpaired) electrons. The Labute approximate surface area is 139 Å². The average molecular weight is 329 g/mol. The van der Waals surface area contributed by atoms with Gasteiger partial charge in [0.05, 0.1) is 13.1 Å². The molecule has 1 amide bonds. The summed E-state index contributed by atoms with van der Waals surface area (Å²) in [6.45, 7) is 4.68. The maximum atomic E-state index is 12.7. The maximum absolute atomic E-state index is 12.7. The number of hydrogen-bond acceptors (Lipinski definition) is 5. The first-order chi connectivity index (χ1) is 11.7. The van der Waals surface area contributed by atoms with Gasteiger partial charge in [-0.15, -0.1) is 0 Å². The van der Waals surface area contributed by atoms with Gasteiger partial charge >= 0.3 is 0 Å². The number of rotatable bonds is 4. The van der Waals surface area contributed by atoms with Gasteiger partial charge in [-0.3, -0.25) is 4.79 Å².